The summed E-state index contributed by atoms with van der Waals surface area (Å²) >= 11 is 0. The fourth-order valence-electron chi connectivity index (χ4n) is 1.68. The van der Waals surface area contributed by atoms with E-state index in [1.165, 1.54) is 6.20 Å². The molecular formula is C16H24N12O8. The highest BCUT2D eigenvalue weighted by atomic mass is 16.6. The van der Waals surface area contributed by atoms with E-state index in [0.29, 0.717) is 4.80 Å². The summed E-state index contributed by atoms with van der Waals surface area (Å²) in [6.45, 7) is 10.3. The molecule has 3 rings (SSSR count). The van der Waals surface area contributed by atoms with Gasteiger partial charge in [0, 0.05) is 4.80 Å². The molecule has 20 nitrogen and oxygen atoms in total. The molecule has 0 bridgehead atoms. The van der Waals surface area contributed by atoms with Crippen molar-refractivity contribution in [1.82, 2.24) is 45.4 Å². The largest absolute Gasteiger partial charge is 0.472 e. The lowest BCUT2D eigenvalue weighted by Crippen LogP contribution is -2.28. The van der Waals surface area contributed by atoms with E-state index in [-0.39, 0.29) is 11.6 Å². The predicted octanol–water partition coefficient (Wildman–Crippen LogP) is 1.33. The van der Waals surface area contributed by atoms with Gasteiger partial charge in [-0.15, -0.1) is 25.6 Å². The Morgan fingerprint density at radius 1 is 0.861 bits per heavy atom. The van der Waals surface area contributed by atoms with Gasteiger partial charge in [0.1, 0.15) is 11.2 Å². The molecule has 0 spiro atoms. The van der Waals surface area contributed by atoms with Crippen LogP contribution in [0.3, 0.4) is 0 Å². The minimum atomic E-state index is -0.851. The molecule has 0 atom stereocenters. The van der Waals surface area contributed by atoms with E-state index in [9.17, 15) is 29.8 Å². The van der Waals surface area contributed by atoms with Gasteiger partial charge in [0.15, 0.2) is 18.2 Å². The normalized spacial score (nSPS) is 10.7. The molecule has 0 saturated carbocycles. The lowest BCUT2D eigenvalue weighted by Gasteiger charge is -2.18. The number of aromatic nitrogens is 9. The molecule has 196 valence electrons. The number of aromatic amines is 1. The average Bonchev–Trinajstić information content (AvgIpc) is 3.48. The minimum Gasteiger partial charge on any atom is -0.441 e. The highest BCUT2D eigenvalue weighted by Crippen LogP contribution is 2.10. The van der Waals surface area contributed by atoms with E-state index < -0.39 is 39.1 Å². The van der Waals surface area contributed by atoms with Crippen molar-refractivity contribution in [3.8, 4) is 0 Å². The van der Waals surface area contributed by atoms with Crippen molar-refractivity contribution in [3.05, 3.63) is 38.8 Å². The van der Waals surface area contributed by atoms with E-state index in [1.807, 2.05) is 0 Å². The molecule has 3 N–H and O–H groups in total. The highest BCUT2D eigenvalue weighted by Gasteiger charge is 2.24. The van der Waals surface area contributed by atoms with Crippen molar-refractivity contribution in [2.24, 2.45) is 0 Å². The van der Waals surface area contributed by atoms with Gasteiger partial charge in [-0.2, -0.15) is 0 Å². The minimum absolute atomic E-state index is 0.186. The standard InChI is InChI=1S/C7H10N4O4.C7H12N4O2.C2H2N4O2/c1-7(2,3)15-6(12)10-8-4-5(9-10)11(13)14;1-7(2,3)13-6(12)11-9-4-5(8)10-11;7-6(8)2-1-3-5-4-2/h4H,1-3H3;4H,1-3H3,(H2,8,10);1H,(H,3,4,5). The zero-order valence-electron chi connectivity index (χ0n) is 20.0. The lowest BCUT2D eigenvalue weighted by molar-refractivity contribution is -0.389. The maximum Gasteiger partial charge on any atom is 0.472 e. The number of anilines is 1. The number of nitrogens with zero attached hydrogens (tertiary/aromatic N) is 10. The van der Waals surface area contributed by atoms with Gasteiger partial charge in [-0.1, -0.05) is 4.80 Å². The van der Waals surface area contributed by atoms with Gasteiger partial charge in [0.05, 0.1) is 16.4 Å². The molecule has 3 heterocycles. The van der Waals surface area contributed by atoms with Crippen LogP contribution in [0.4, 0.5) is 27.0 Å². The first-order chi connectivity index (χ1) is 16.5. The summed E-state index contributed by atoms with van der Waals surface area (Å²) in [5.41, 5.74) is 4.03. The maximum atomic E-state index is 11.3. The molecule has 0 aromatic carbocycles. The van der Waals surface area contributed by atoms with E-state index in [0.717, 1.165) is 17.2 Å². The van der Waals surface area contributed by atoms with Crippen LogP contribution in [0.1, 0.15) is 41.5 Å². The van der Waals surface area contributed by atoms with E-state index in [1.54, 1.807) is 41.5 Å². The molecule has 3 aromatic heterocycles. The molecule has 0 unspecified atom stereocenters. The van der Waals surface area contributed by atoms with Gasteiger partial charge < -0.3 is 35.4 Å². The fourth-order valence-corrected chi connectivity index (χ4v) is 1.68. The average molecular weight is 512 g/mol. The number of carbonyl (C=O) groups excluding carboxylic acids is 2. The number of ether oxygens (including phenoxy) is 2. The fraction of sp³-hybridized carbons (Fsp3) is 0.500. The molecular weight excluding hydrogens is 488 g/mol. The van der Waals surface area contributed by atoms with Gasteiger partial charge in [0.25, 0.3) is 0 Å². The Morgan fingerprint density at radius 2 is 1.33 bits per heavy atom. The van der Waals surface area contributed by atoms with E-state index in [2.05, 4.69) is 35.8 Å². The number of hydrogen-bond donors (Lipinski definition) is 2. The van der Waals surface area contributed by atoms with Gasteiger partial charge >= 0.3 is 23.8 Å². The topological polar surface area (TPSA) is 268 Å². The zero-order chi connectivity index (χ0) is 27.7. The van der Waals surface area contributed by atoms with Gasteiger partial charge in [-0.25, -0.2) is 9.59 Å². The van der Waals surface area contributed by atoms with Crippen LogP contribution in [-0.4, -0.2) is 78.6 Å². The first-order valence-electron chi connectivity index (χ1n) is 9.70. The Morgan fingerprint density at radius 3 is 1.64 bits per heavy atom. The van der Waals surface area contributed by atoms with Gasteiger partial charge in [-0.3, -0.25) is 0 Å². The van der Waals surface area contributed by atoms with E-state index >= 15 is 0 Å². The van der Waals surface area contributed by atoms with Crippen molar-refractivity contribution >= 4 is 29.6 Å². The van der Waals surface area contributed by atoms with Crippen LogP contribution in [0, 0.1) is 20.2 Å². The molecule has 0 fully saturated rings. The molecule has 0 aliphatic rings. The summed E-state index contributed by atoms with van der Waals surface area (Å²) in [4.78, 5) is 42.5. The van der Waals surface area contributed by atoms with Crippen molar-refractivity contribution in [1.29, 1.82) is 0 Å². The van der Waals surface area contributed by atoms with Crippen LogP contribution in [0.25, 0.3) is 0 Å². The predicted molar refractivity (Wildman–Crippen MR) is 117 cm³/mol. The smallest absolute Gasteiger partial charge is 0.441 e. The second-order valence-corrected chi connectivity index (χ2v) is 8.35. The first kappa shape index (κ1) is 29.0. The van der Waals surface area contributed by atoms with Crippen molar-refractivity contribution in [3.63, 3.8) is 0 Å². The number of nitro groups is 2. The number of nitrogens with one attached hydrogen (secondary N) is 1. The third kappa shape index (κ3) is 10.7. The number of H-pyrrole nitrogens is 1. The molecule has 0 radical (unpaired) electrons. The van der Waals surface area contributed by atoms with Gasteiger partial charge in [0.2, 0.25) is 0 Å². The zero-order valence-corrected chi connectivity index (χ0v) is 20.0. The first-order valence-corrected chi connectivity index (χ1v) is 9.70. The van der Waals surface area contributed by atoms with Crippen molar-refractivity contribution in [2.45, 2.75) is 52.7 Å². The number of nitrogen functional groups attached to an aromatic ring is 1. The number of carbonyl (C=O) groups is 2. The van der Waals surface area contributed by atoms with Crippen LogP contribution < -0.4 is 5.73 Å². The summed E-state index contributed by atoms with van der Waals surface area (Å²) in [5, 5.41) is 42.5. The van der Waals surface area contributed by atoms with Crippen molar-refractivity contribution < 1.29 is 28.9 Å². The van der Waals surface area contributed by atoms with Crippen LogP contribution in [-0.2, 0) is 9.47 Å². The van der Waals surface area contributed by atoms with Crippen LogP contribution in [0.15, 0.2) is 18.6 Å². The maximum absolute atomic E-state index is 11.3. The molecule has 20 heteroatoms. The SMILES string of the molecule is CC(C)(C)OC(=O)n1ncc(N)n1.CC(C)(C)OC(=O)n1ncc([N+](=O)[O-])n1.O=[N+]([O-])c1cn[nH]n1. The quantitative estimate of drug-likeness (QED) is 0.362. The molecule has 0 aliphatic carbocycles. The number of hydrogen-bond acceptors (Lipinski definition) is 15. The summed E-state index contributed by atoms with van der Waals surface area (Å²) in [5.74, 6) is -0.572. The van der Waals surface area contributed by atoms with Crippen molar-refractivity contribution in [2.75, 3.05) is 5.73 Å². The summed E-state index contributed by atoms with van der Waals surface area (Å²) in [7, 11) is 0. The van der Waals surface area contributed by atoms with Gasteiger partial charge in [-0.05, 0) is 51.4 Å². The Bertz CT molecular complexity index is 1170. The van der Waals surface area contributed by atoms with Crippen LogP contribution in [0.5, 0.6) is 0 Å². The summed E-state index contributed by atoms with van der Waals surface area (Å²) in [6, 6.07) is 0. The molecule has 36 heavy (non-hydrogen) atoms. The third-order valence-corrected chi connectivity index (χ3v) is 2.88. The summed E-state index contributed by atoms with van der Waals surface area (Å²) < 4.78 is 9.87. The second kappa shape index (κ2) is 11.9. The monoisotopic (exact) mass is 512 g/mol. The van der Waals surface area contributed by atoms with Crippen LogP contribution >= 0.6 is 0 Å². The Hall–Kier alpha value is -5.04. The van der Waals surface area contributed by atoms with Crippen LogP contribution in [0.2, 0.25) is 0 Å². The highest BCUT2D eigenvalue weighted by molar-refractivity contribution is 5.69. The Labute approximate surface area is 202 Å². The Kier molecular flexibility index (Phi) is 9.58. The summed E-state index contributed by atoms with van der Waals surface area (Å²) in [6.07, 6.45) is 1.72. The second-order valence-electron chi connectivity index (χ2n) is 8.35. The number of nitrogens with two attached hydrogens (primary N) is 1. The third-order valence-electron chi connectivity index (χ3n) is 2.88. The molecule has 0 saturated heterocycles. The molecule has 0 amide bonds. The Balaban J connectivity index is 0.000000282. The lowest BCUT2D eigenvalue weighted by atomic mass is 10.2. The number of rotatable bonds is 2. The molecule has 0 aliphatic heterocycles. The van der Waals surface area contributed by atoms with E-state index in [4.69, 9.17) is 15.2 Å². The molecule has 3 aromatic rings.